The normalized spacial score (nSPS) is 18.5. The molecule has 28 heavy (non-hydrogen) atoms. The summed E-state index contributed by atoms with van der Waals surface area (Å²) in [5, 5.41) is 0. The number of hydrogen-bond donors (Lipinski definition) is 2. The lowest BCUT2D eigenvalue weighted by atomic mass is 10.1. The Morgan fingerprint density at radius 2 is 1.71 bits per heavy atom. The highest BCUT2D eigenvalue weighted by molar-refractivity contribution is 5.77. The molecule has 0 unspecified atom stereocenters. The number of pyridine rings is 2. The fourth-order valence-corrected chi connectivity index (χ4v) is 4.01. The van der Waals surface area contributed by atoms with Gasteiger partial charge < -0.3 is 16.0 Å². The molecule has 0 saturated heterocycles. The van der Waals surface area contributed by atoms with Gasteiger partial charge in [0.05, 0.1) is 5.69 Å². The first-order valence-corrected chi connectivity index (χ1v) is 9.51. The summed E-state index contributed by atoms with van der Waals surface area (Å²) in [6.07, 6.45) is 1.21. The van der Waals surface area contributed by atoms with Gasteiger partial charge in [0.25, 0.3) is 0 Å². The fourth-order valence-electron chi connectivity index (χ4n) is 4.01. The summed E-state index contributed by atoms with van der Waals surface area (Å²) in [5.41, 5.74) is 16.6. The van der Waals surface area contributed by atoms with Crippen molar-refractivity contribution in [2.45, 2.75) is 25.8 Å². The smallest absolute Gasteiger partial charge is 0.160 e. The number of imidazole rings is 1. The summed E-state index contributed by atoms with van der Waals surface area (Å²) in [6, 6.07) is 18.3. The zero-order chi connectivity index (χ0) is 19.3. The van der Waals surface area contributed by atoms with Crippen LogP contribution in [0.25, 0.3) is 22.4 Å². The van der Waals surface area contributed by atoms with E-state index in [9.17, 15) is 0 Å². The molecule has 6 heteroatoms. The van der Waals surface area contributed by atoms with E-state index in [1.807, 2.05) is 19.1 Å². The maximum absolute atomic E-state index is 5.85. The summed E-state index contributed by atoms with van der Waals surface area (Å²) in [5.74, 6) is 3.03. The second-order valence-electron chi connectivity index (χ2n) is 7.53. The van der Waals surface area contributed by atoms with Gasteiger partial charge >= 0.3 is 0 Å². The van der Waals surface area contributed by atoms with Gasteiger partial charge in [-0.05, 0) is 55.0 Å². The van der Waals surface area contributed by atoms with Crippen molar-refractivity contribution in [3.63, 3.8) is 0 Å². The van der Waals surface area contributed by atoms with Crippen LogP contribution in [-0.2, 0) is 6.54 Å². The third-order valence-electron chi connectivity index (χ3n) is 5.51. The number of nitrogens with zero attached hydrogens (tertiary/aromatic N) is 4. The minimum Gasteiger partial charge on any atom is -0.384 e. The maximum atomic E-state index is 5.85. The molecule has 0 spiro atoms. The second kappa shape index (κ2) is 6.34. The molecule has 5 rings (SSSR count). The molecule has 1 aromatic carbocycles. The molecule has 1 fully saturated rings. The maximum Gasteiger partial charge on any atom is 0.160 e. The number of rotatable bonds is 4. The van der Waals surface area contributed by atoms with Crippen molar-refractivity contribution in [2.24, 2.45) is 5.92 Å². The van der Waals surface area contributed by atoms with Gasteiger partial charge in [0.2, 0.25) is 0 Å². The molecule has 4 N–H and O–H groups in total. The van der Waals surface area contributed by atoms with Gasteiger partial charge in [-0.1, -0.05) is 30.3 Å². The van der Waals surface area contributed by atoms with Gasteiger partial charge in [-0.2, -0.15) is 0 Å². The Morgan fingerprint density at radius 3 is 2.46 bits per heavy atom. The largest absolute Gasteiger partial charge is 0.384 e. The fraction of sp³-hybridized carbons (Fsp3) is 0.227. The predicted molar refractivity (Wildman–Crippen MR) is 112 cm³/mol. The van der Waals surface area contributed by atoms with E-state index in [-0.39, 0.29) is 0 Å². The molecular weight excluding hydrogens is 348 g/mol. The highest BCUT2D eigenvalue weighted by Gasteiger charge is 2.38. The molecule has 3 aromatic heterocycles. The molecule has 0 bridgehead atoms. The van der Waals surface area contributed by atoms with Gasteiger partial charge in [0, 0.05) is 12.1 Å². The van der Waals surface area contributed by atoms with Gasteiger partial charge in [-0.15, -0.1) is 0 Å². The first-order valence-electron chi connectivity index (χ1n) is 9.51. The summed E-state index contributed by atoms with van der Waals surface area (Å²) in [6.45, 7) is 2.97. The number of hydrogen-bond acceptors (Lipinski definition) is 5. The molecule has 0 aliphatic heterocycles. The van der Waals surface area contributed by atoms with E-state index in [1.165, 1.54) is 12.0 Å². The van der Waals surface area contributed by atoms with Crippen molar-refractivity contribution in [3.05, 3.63) is 66.0 Å². The Balaban J connectivity index is 1.48. The Morgan fingerprint density at radius 1 is 0.964 bits per heavy atom. The molecule has 3 heterocycles. The number of aryl methyl sites for hydroxylation is 1. The summed E-state index contributed by atoms with van der Waals surface area (Å²) in [4.78, 5) is 13.6. The van der Waals surface area contributed by atoms with Gasteiger partial charge in [0.15, 0.2) is 5.65 Å². The lowest BCUT2D eigenvalue weighted by Gasteiger charge is -2.08. The van der Waals surface area contributed by atoms with Crippen LogP contribution < -0.4 is 11.5 Å². The van der Waals surface area contributed by atoms with Crippen molar-refractivity contribution in [1.82, 2.24) is 19.5 Å². The zero-order valence-electron chi connectivity index (χ0n) is 15.7. The summed E-state index contributed by atoms with van der Waals surface area (Å²) < 4.78 is 2.24. The predicted octanol–water partition coefficient (Wildman–Crippen LogP) is 3.77. The number of anilines is 2. The molecule has 2 atom stereocenters. The van der Waals surface area contributed by atoms with Crippen molar-refractivity contribution >= 4 is 22.8 Å². The molecular formula is C22H22N6. The van der Waals surface area contributed by atoms with Crippen LogP contribution in [0.1, 0.15) is 23.7 Å². The zero-order valence-corrected chi connectivity index (χ0v) is 15.7. The third kappa shape index (κ3) is 2.97. The van der Waals surface area contributed by atoms with Gasteiger partial charge in [-0.25, -0.2) is 15.0 Å². The van der Waals surface area contributed by atoms with Crippen molar-refractivity contribution < 1.29 is 0 Å². The van der Waals surface area contributed by atoms with Gasteiger partial charge in [0.1, 0.15) is 23.0 Å². The average molecular weight is 370 g/mol. The highest BCUT2D eigenvalue weighted by atomic mass is 15.1. The number of aromatic nitrogens is 4. The molecule has 4 aromatic rings. The van der Waals surface area contributed by atoms with Crippen LogP contribution in [0.3, 0.4) is 0 Å². The minimum absolute atomic E-state index is 0.394. The third-order valence-corrected chi connectivity index (χ3v) is 5.51. The molecule has 0 radical (unpaired) electrons. The molecule has 140 valence electrons. The van der Waals surface area contributed by atoms with E-state index in [0.717, 1.165) is 34.8 Å². The van der Waals surface area contributed by atoms with E-state index in [0.29, 0.717) is 23.5 Å². The average Bonchev–Trinajstić information content (AvgIpc) is 3.39. The van der Waals surface area contributed by atoms with E-state index < -0.39 is 0 Å². The Bertz CT molecular complexity index is 1140. The van der Waals surface area contributed by atoms with E-state index >= 15 is 0 Å². The second-order valence-corrected chi connectivity index (χ2v) is 7.53. The lowest BCUT2D eigenvalue weighted by molar-refractivity contribution is 0.608. The number of fused-ring (bicyclic) bond motifs is 1. The molecule has 1 aliphatic carbocycles. The highest BCUT2D eigenvalue weighted by Crippen LogP contribution is 2.48. The molecule has 6 nitrogen and oxygen atoms in total. The van der Waals surface area contributed by atoms with Crippen LogP contribution in [0, 0.1) is 12.8 Å². The first-order chi connectivity index (χ1) is 13.6. The van der Waals surface area contributed by atoms with Crippen LogP contribution in [0.5, 0.6) is 0 Å². The summed E-state index contributed by atoms with van der Waals surface area (Å²) in [7, 11) is 0. The van der Waals surface area contributed by atoms with Crippen molar-refractivity contribution in [1.29, 1.82) is 0 Å². The minimum atomic E-state index is 0.394. The topological polar surface area (TPSA) is 95.6 Å². The molecule has 1 aliphatic rings. The SMILES string of the molecule is Cc1nc2ccc(-c3cc(N)nc(N)c3)nc2n1C[C@@H]1C[C@H]1c1ccccc1. The van der Waals surface area contributed by atoms with E-state index in [4.69, 9.17) is 21.4 Å². The molecule has 1 saturated carbocycles. The first kappa shape index (κ1) is 16.7. The van der Waals surface area contributed by atoms with Crippen molar-refractivity contribution in [2.75, 3.05) is 11.5 Å². The van der Waals surface area contributed by atoms with E-state index in [1.54, 1.807) is 12.1 Å². The quantitative estimate of drug-likeness (QED) is 0.570. The number of nitrogens with two attached hydrogens (primary N) is 2. The standard InChI is InChI=1S/C22H22N6/c1-13-25-19-8-7-18(15-10-20(23)27-21(24)11-15)26-22(19)28(13)12-16-9-17(16)14-5-3-2-4-6-14/h2-8,10-11,16-17H,9,12H2,1H3,(H4,23,24,27)/t16-,17-/m0/s1. The molecule has 0 amide bonds. The monoisotopic (exact) mass is 370 g/mol. The van der Waals surface area contributed by atoms with Crippen LogP contribution in [0.4, 0.5) is 11.6 Å². The Labute approximate surface area is 163 Å². The number of nitrogen functional groups attached to an aromatic ring is 2. The Hall–Kier alpha value is -3.41. The summed E-state index contributed by atoms with van der Waals surface area (Å²) >= 11 is 0. The van der Waals surface area contributed by atoms with Gasteiger partial charge in [-0.3, -0.25) is 0 Å². The number of benzene rings is 1. The van der Waals surface area contributed by atoms with Crippen LogP contribution in [0.2, 0.25) is 0 Å². The lowest BCUT2D eigenvalue weighted by Crippen LogP contribution is -2.05. The van der Waals surface area contributed by atoms with Crippen molar-refractivity contribution in [3.8, 4) is 11.3 Å². The van der Waals surface area contributed by atoms with E-state index in [2.05, 4.69) is 39.9 Å². The van der Waals surface area contributed by atoms with Crippen LogP contribution >= 0.6 is 0 Å². The van der Waals surface area contributed by atoms with Crippen LogP contribution in [-0.4, -0.2) is 19.5 Å². The Kier molecular flexibility index (Phi) is 3.79. The van der Waals surface area contributed by atoms with Crippen LogP contribution in [0.15, 0.2) is 54.6 Å².